The third-order valence-electron chi connectivity index (χ3n) is 7.64. The Labute approximate surface area is 131 Å². The van der Waals surface area contributed by atoms with Gasteiger partial charge in [0.2, 0.25) is 0 Å². The van der Waals surface area contributed by atoms with Crippen molar-refractivity contribution >= 4 is 5.78 Å². The molecule has 0 aromatic rings. The summed E-state index contributed by atoms with van der Waals surface area (Å²) in [6.45, 7) is 4.56. The maximum absolute atomic E-state index is 12.5. The van der Waals surface area contributed by atoms with E-state index in [2.05, 4.69) is 19.9 Å². The minimum Gasteiger partial charge on any atom is -0.353 e. The van der Waals surface area contributed by atoms with Crippen molar-refractivity contribution in [2.24, 2.45) is 17.3 Å². The van der Waals surface area contributed by atoms with E-state index in [0.717, 1.165) is 37.7 Å². The van der Waals surface area contributed by atoms with E-state index in [9.17, 15) is 4.79 Å². The van der Waals surface area contributed by atoms with Crippen LogP contribution in [0.25, 0.3) is 0 Å². The molecule has 0 N–H and O–H groups in total. The Bertz CT molecular complexity index is 660. The van der Waals surface area contributed by atoms with Gasteiger partial charge in [-0.2, -0.15) is 0 Å². The van der Waals surface area contributed by atoms with Crippen molar-refractivity contribution in [1.29, 1.82) is 0 Å². The summed E-state index contributed by atoms with van der Waals surface area (Å²) in [7, 11) is 1.78. The Balaban J connectivity index is 1.79. The molecule has 5 atom stereocenters. The van der Waals surface area contributed by atoms with Gasteiger partial charge in [0.1, 0.15) is 5.60 Å². The predicted molar refractivity (Wildman–Crippen MR) is 82.1 cm³/mol. The molecule has 0 radical (unpaired) electrons. The van der Waals surface area contributed by atoms with Crippen molar-refractivity contribution in [3.05, 3.63) is 22.8 Å². The lowest BCUT2D eigenvalue weighted by molar-refractivity contribution is -0.368. The van der Waals surface area contributed by atoms with E-state index >= 15 is 0 Å². The van der Waals surface area contributed by atoms with Gasteiger partial charge in [0.15, 0.2) is 11.6 Å². The molecule has 3 nitrogen and oxygen atoms in total. The molecule has 4 bridgehead atoms. The number of ether oxygens (including phenoxy) is 2. The summed E-state index contributed by atoms with van der Waals surface area (Å²) in [4.78, 5) is 12.5. The van der Waals surface area contributed by atoms with Gasteiger partial charge in [0, 0.05) is 43.3 Å². The van der Waals surface area contributed by atoms with Crippen LogP contribution in [0.2, 0.25) is 0 Å². The molecule has 1 spiro atoms. The number of rotatable bonds is 1. The lowest BCUT2D eigenvalue weighted by Crippen LogP contribution is -2.69. The van der Waals surface area contributed by atoms with Crippen LogP contribution in [-0.4, -0.2) is 24.3 Å². The largest absolute Gasteiger partial charge is 0.353 e. The Morgan fingerprint density at radius 2 is 2.18 bits per heavy atom. The van der Waals surface area contributed by atoms with Crippen molar-refractivity contribution in [2.45, 2.75) is 63.8 Å². The summed E-state index contributed by atoms with van der Waals surface area (Å²) in [5.74, 6) is 0.830. The Kier molecular flexibility index (Phi) is 2.31. The minimum absolute atomic E-state index is 0.124. The average Bonchev–Trinajstić information content (AvgIpc) is 2.97. The van der Waals surface area contributed by atoms with Gasteiger partial charge in [0.05, 0.1) is 0 Å². The van der Waals surface area contributed by atoms with Gasteiger partial charge >= 0.3 is 0 Å². The first-order valence-electron chi connectivity index (χ1n) is 8.68. The van der Waals surface area contributed by atoms with E-state index in [1.165, 1.54) is 11.1 Å². The molecular weight excluding hydrogens is 276 g/mol. The van der Waals surface area contributed by atoms with E-state index in [0.29, 0.717) is 24.0 Å². The standard InChI is InChI=1S/C19H24O3/c1-11-16-13(5-7-15(16)20)14-6-4-12-10-18(21-3)9-8-17(12,2)19(11,14)22-18/h6,12-13H,4-5,7-10H2,1-3H3/t12-,13?,17+,18?,19-/m1/s1. The van der Waals surface area contributed by atoms with Gasteiger partial charge in [-0.25, -0.2) is 0 Å². The van der Waals surface area contributed by atoms with Crippen LogP contribution in [0.4, 0.5) is 0 Å². The molecule has 2 aliphatic heterocycles. The molecule has 2 saturated carbocycles. The molecule has 6 aliphatic rings. The third kappa shape index (κ3) is 1.17. The van der Waals surface area contributed by atoms with E-state index in [4.69, 9.17) is 9.47 Å². The van der Waals surface area contributed by atoms with Crippen molar-refractivity contribution < 1.29 is 14.3 Å². The van der Waals surface area contributed by atoms with E-state index in [-0.39, 0.29) is 11.0 Å². The maximum Gasteiger partial charge on any atom is 0.169 e. The quantitative estimate of drug-likeness (QED) is 0.695. The molecule has 6 rings (SSSR count). The Hall–Kier alpha value is -0.930. The first-order chi connectivity index (χ1) is 10.5. The molecule has 0 aromatic heterocycles. The molecule has 0 amide bonds. The topological polar surface area (TPSA) is 35.5 Å². The number of allylic oxidation sites excluding steroid dienone is 2. The second kappa shape index (κ2) is 3.76. The number of ketones is 1. The van der Waals surface area contributed by atoms with Crippen LogP contribution in [-0.2, 0) is 14.3 Å². The Morgan fingerprint density at radius 1 is 1.36 bits per heavy atom. The van der Waals surface area contributed by atoms with Crippen molar-refractivity contribution in [3.63, 3.8) is 0 Å². The maximum atomic E-state index is 12.5. The SMILES string of the molecule is COC12CC[C@@]3(C)[C@H](CC=C4C5CCC(=O)C5=C(C)[C@@]43O1)C2. The van der Waals surface area contributed by atoms with E-state index < -0.39 is 5.79 Å². The molecule has 2 saturated heterocycles. The van der Waals surface area contributed by atoms with Crippen LogP contribution >= 0.6 is 0 Å². The molecular formula is C19H24O3. The molecule has 4 aliphatic carbocycles. The highest BCUT2D eigenvalue weighted by Crippen LogP contribution is 2.72. The van der Waals surface area contributed by atoms with E-state index in [1.54, 1.807) is 7.11 Å². The van der Waals surface area contributed by atoms with Gasteiger partial charge < -0.3 is 9.47 Å². The molecule has 2 unspecified atom stereocenters. The zero-order chi connectivity index (χ0) is 15.3. The lowest BCUT2D eigenvalue weighted by atomic mass is 9.48. The van der Waals surface area contributed by atoms with Crippen molar-refractivity contribution in [3.8, 4) is 0 Å². The molecule has 118 valence electrons. The second-order valence-corrected chi connectivity index (χ2v) is 8.16. The molecule has 3 heteroatoms. The van der Waals surface area contributed by atoms with Crippen molar-refractivity contribution in [1.82, 2.24) is 0 Å². The highest BCUT2D eigenvalue weighted by molar-refractivity contribution is 6.01. The third-order valence-corrected chi connectivity index (χ3v) is 7.64. The number of Topliss-reactive ketones (excluding diaryl/α,β-unsaturated/α-hetero) is 1. The van der Waals surface area contributed by atoms with Crippen LogP contribution in [0.3, 0.4) is 0 Å². The average molecular weight is 300 g/mol. The fraction of sp³-hybridized carbons (Fsp3) is 0.737. The molecule has 22 heavy (non-hydrogen) atoms. The summed E-state index contributed by atoms with van der Waals surface area (Å²) >= 11 is 0. The fourth-order valence-corrected chi connectivity index (χ4v) is 6.51. The number of hydrogen-bond acceptors (Lipinski definition) is 3. The number of fused-ring (bicyclic) bond motifs is 3. The van der Waals surface area contributed by atoms with Gasteiger partial charge in [-0.05, 0) is 43.3 Å². The summed E-state index contributed by atoms with van der Waals surface area (Å²) in [6, 6.07) is 0. The first kappa shape index (κ1) is 13.5. The molecule has 2 heterocycles. The second-order valence-electron chi connectivity index (χ2n) is 8.16. The highest BCUT2D eigenvalue weighted by atomic mass is 16.7. The number of carbonyl (C=O) groups is 1. The Morgan fingerprint density at radius 3 is 2.95 bits per heavy atom. The number of carbonyl (C=O) groups excluding carboxylic acids is 1. The fourth-order valence-electron chi connectivity index (χ4n) is 6.51. The van der Waals surface area contributed by atoms with Gasteiger partial charge in [0.25, 0.3) is 0 Å². The monoisotopic (exact) mass is 300 g/mol. The summed E-state index contributed by atoms with van der Waals surface area (Å²) in [5, 5.41) is 0. The number of hydrogen-bond donors (Lipinski definition) is 0. The normalized spacial score (nSPS) is 52.0. The van der Waals surface area contributed by atoms with Gasteiger partial charge in [-0.3, -0.25) is 4.79 Å². The van der Waals surface area contributed by atoms with Crippen LogP contribution in [0.15, 0.2) is 22.8 Å². The van der Waals surface area contributed by atoms with Crippen LogP contribution in [0, 0.1) is 17.3 Å². The number of methoxy groups -OCH3 is 1. The molecule has 4 fully saturated rings. The van der Waals surface area contributed by atoms with Gasteiger partial charge in [-0.15, -0.1) is 0 Å². The zero-order valence-electron chi connectivity index (χ0n) is 13.7. The van der Waals surface area contributed by atoms with Crippen molar-refractivity contribution in [2.75, 3.05) is 7.11 Å². The summed E-state index contributed by atoms with van der Waals surface area (Å²) in [6.07, 6.45) is 8.32. The van der Waals surface area contributed by atoms with E-state index in [1.807, 2.05) is 0 Å². The van der Waals surface area contributed by atoms with Gasteiger partial charge in [-0.1, -0.05) is 13.0 Å². The predicted octanol–water partition coefficient (Wildman–Crippen LogP) is 3.54. The van der Waals surface area contributed by atoms with Crippen LogP contribution < -0.4 is 0 Å². The lowest BCUT2D eigenvalue weighted by Gasteiger charge is -2.67. The van der Waals surface area contributed by atoms with Crippen LogP contribution in [0.1, 0.15) is 52.4 Å². The molecule has 0 aromatic carbocycles. The highest BCUT2D eigenvalue weighted by Gasteiger charge is 2.72. The zero-order valence-corrected chi connectivity index (χ0v) is 13.7. The smallest absolute Gasteiger partial charge is 0.169 e. The summed E-state index contributed by atoms with van der Waals surface area (Å²) < 4.78 is 12.7. The van der Waals surface area contributed by atoms with Crippen LogP contribution in [0.5, 0.6) is 0 Å². The minimum atomic E-state index is -0.439. The first-order valence-corrected chi connectivity index (χ1v) is 8.68. The summed E-state index contributed by atoms with van der Waals surface area (Å²) in [5.41, 5.74) is 3.44.